The predicted molar refractivity (Wildman–Crippen MR) is 101 cm³/mol. The fraction of sp³-hybridized carbons (Fsp3) is 0.941. The Labute approximate surface area is 158 Å². The molecule has 0 aromatic carbocycles. The quantitative estimate of drug-likeness (QED) is 0.779. The number of hydrogen-bond acceptors (Lipinski definition) is 4. The van der Waals surface area contributed by atoms with Crippen LogP contribution < -0.4 is 11.1 Å². The van der Waals surface area contributed by atoms with Gasteiger partial charge in [-0.25, -0.2) is 0 Å². The summed E-state index contributed by atoms with van der Waals surface area (Å²) in [4.78, 5) is 15.0. The molecule has 3 aliphatic rings. The van der Waals surface area contributed by atoms with Crippen molar-refractivity contribution in [3.63, 3.8) is 0 Å². The normalized spacial score (nSPS) is 34.4. The Morgan fingerprint density at radius 3 is 2.38 bits per heavy atom. The fourth-order valence-corrected chi connectivity index (χ4v) is 4.58. The molecule has 0 spiro atoms. The first kappa shape index (κ1) is 22.0. The van der Waals surface area contributed by atoms with Gasteiger partial charge < -0.3 is 15.8 Å². The molecule has 3 rings (SSSR count). The predicted octanol–water partition coefficient (Wildman–Crippen LogP) is 1.82. The number of nitrogens with two attached hydrogens (primary N) is 1. The zero-order valence-electron chi connectivity index (χ0n) is 14.6. The van der Waals surface area contributed by atoms with Gasteiger partial charge >= 0.3 is 0 Å². The Morgan fingerprint density at radius 2 is 1.79 bits per heavy atom. The van der Waals surface area contributed by atoms with E-state index in [0.717, 1.165) is 45.7 Å². The third-order valence-electron chi connectivity index (χ3n) is 5.81. The average molecular weight is 382 g/mol. The smallest absolute Gasteiger partial charge is 0.223 e. The van der Waals surface area contributed by atoms with E-state index in [2.05, 4.69) is 17.1 Å². The molecule has 2 aliphatic carbocycles. The minimum absolute atomic E-state index is 0. The topological polar surface area (TPSA) is 67.6 Å². The number of carbonyl (C=O) groups is 1. The van der Waals surface area contributed by atoms with E-state index in [1.165, 1.54) is 19.3 Å². The van der Waals surface area contributed by atoms with Crippen LogP contribution in [0.3, 0.4) is 0 Å². The van der Waals surface area contributed by atoms with E-state index in [1.54, 1.807) is 0 Å². The second kappa shape index (κ2) is 10.2. The molecule has 0 aromatic heterocycles. The molecule has 1 amide bonds. The van der Waals surface area contributed by atoms with E-state index in [9.17, 15) is 4.79 Å². The lowest BCUT2D eigenvalue weighted by Gasteiger charge is -2.43. The van der Waals surface area contributed by atoms with Crippen LogP contribution in [0.4, 0.5) is 0 Å². The van der Waals surface area contributed by atoms with E-state index in [-0.39, 0.29) is 42.7 Å². The van der Waals surface area contributed by atoms with Crippen molar-refractivity contribution in [3.05, 3.63) is 0 Å². The lowest BCUT2D eigenvalue weighted by atomic mass is 9.65. The minimum Gasteiger partial charge on any atom is -0.379 e. The first-order chi connectivity index (χ1) is 10.6. The summed E-state index contributed by atoms with van der Waals surface area (Å²) in [7, 11) is 0. The summed E-state index contributed by atoms with van der Waals surface area (Å²) in [6.07, 6.45) is 5.71. The van der Waals surface area contributed by atoms with Crippen LogP contribution >= 0.6 is 24.8 Å². The van der Waals surface area contributed by atoms with E-state index < -0.39 is 0 Å². The highest BCUT2D eigenvalue weighted by molar-refractivity contribution is 5.85. The minimum atomic E-state index is 0. The second-order valence-electron chi connectivity index (χ2n) is 7.52. The molecule has 0 aromatic rings. The van der Waals surface area contributed by atoms with Crippen molar-refractivity contribution in [2.45, 2.75) is 51.1 Å². The molecule has 3 unspecified atom stereocenters. The van der Waals surface area contributed by atoms with Crippen molar-refractivity contribution in [2.24, 2.45) is 23.5 Å². The molecular formula is C17H33Cl2N3O2. The molecular weight excluding hydrogens is 349 g/mol. The van der Waals surface area contributed by atoms with Crippen LogP contribution in [0.5, 0.6) is 0 Å². The van der Waals surface area contributed by atoms with E-state index in [1.807, 2.05) is 0 Å². The van der Waals surface area contributed by atoms with Gasteiger partial charge in [0.05, 0.1) is 13.2 Å². The number of halogens is 2. The highest BCUT2D eigenvalue weighted by Gasteiger charge is 2.40. The number of ether oxygens (including phenoxy) is 1. The van der Waals surface area contributed by atoms with Gasteiger partial charge in [0.1, 0.15) is 0 Å². The number of nitrogens with zero attached hydrogens (tertiary/aromatic N) is 1. The summed E-state index contributed by atoms with van der Waals surface area (Å²) in [6.45, 7) is 6.61. The lowest BCUT2D eigenvalue weighted by molar-refractivity contribution is -0.128. The highest BCUT2D eigenvalue weighted by Crippen LogP contribution is 2.41. The maximum Gasteiger partial charge on any atom is 0.223 e. The Kier molecular flexibility index (Phi) is 9.31. The molecule has 0 radical (unpaired) electrons. The van der Waals surface area contributed by atoms with Crippen molar-refractivity contribution in [2.75, 3.05) is 32.8 Å². The van der Waals surface area contributed by atoms with Crippen LogP contribution in [0.25, 0.3) is 0 Å². The Hall–Kier alpha value is -0.0700. The zero-order chi connectivity index (χ0) is 15.5. The molecule has 1 aliphatic heterocycles. The molecule has 3 atom stereocenters. The molecule has 142 valence electrons. The van der Waals surface area contributed by atoms with Gasteiger partial charge in [-0.2, -0.15) is 0 Å². The largest absolute Gasteiger partial charge is 0.379 e. The molecule has 1 heterocycles. The van der Waals surface area contributed by atoms with Crippen LogP contribution in [0, 0.1) is 17.8 Å². The summed E-state index contributed by atoms with van der Waals surface area (Å²) in [5.41, 5.74) is 6.32. The second-order valence-corrected chi connectivity index (χ2v) is 7.52. The first-order valence-corrected chi connectivity index (χ1v) is 8.99. The van der Waals surface area contributed by atoms with Gasteiger partial charge in [-0.05, 0) is 44.4 Å². The number of carbonyl (C=O) groups excluding carboxylic acids is 1. The van der Waals surface area contributed by atoms with Crippen molar-refractivity contribution in [1.82, 2.24) is 10.2 Å². The molecule has 1 saturated heterocycles. The van der Waals surface area contributed by atoms with Gasteiger partial charge in [-0.1, -0.05) is 6.42 Å². The maximum absolute atomic E-state index is 12.6. The molecule has 2 saturated carbocycles. The van der Waals surface area contributed by atoms with Crippen molar-refractivity contribution in [1.29, 1.82) is 0 Å². The number of rotatable bonds is 4. The van der Waals surface area contributed by atoms with Crippen LogP contribution in [-0.4, -0.2) is 55.7 Å². The van der Waals surface area contributed by atoms with Gasteiger partial charge in [0.15, 0.2) is 0 Å². The summed E-state index contributed by atoms with van der Waals surface area (Å²) in [5, 5.41) is 3.24. The van der Waals surface area contributed by atoms with Crippen LogP contribution in [0.15, 0.2) is 0 Å². The van der Waals surface area contributed by atoms with Gasteiger partial charge in [-0.15, -0.1) is 24.8 Å². The fourth-order valence-electron chi connectivity index (χ4n) is 4.58. The molecule has 7 heteroatoms. The van der Waals surface area contributed by atoms with Crippen LogP contribution in [0.2, 0.25) is 0 Å². The SMILES string of the molecule is CC(CN1CCOCC1)NC(=O)C1CC2CCCC(C1)C2N.Cl.Cl. The Balaban J connectivity index is 0.00000144. The number of nitrogens with one attached hydrogen (secondary N) is 1. The summed E-state index contributed by atoms with van der Waals surface area (Å²) in [6, 6.07) is 0.546. The molecule has 24 heavy (non-hydrogen) atoms. The van der Waals surface area contributed by atoms with Gasteiger partial charge in [0.2, 0.25) is 5.91 Å². The highest BCUT2D eigenvalue weighted by atomic mass is 35.5. The van der Waals surface area contributed by atoms with Gasteiger partial charge in [-0.3, -0.25) is 9.69 Å². The third-order valence-corrected chi connectivity index (χ3v) is 5.81. The number of morpholine rings is 1. The van der Waals surface area contributed by atoms with Crippen molar-refractivity contribution < 1.29 is 9.53 Å². The van der Waals surface area contributed by atoms with E-state index in [0.29, 0.717) is 17.9 Å². The standard InChI is InChI=1S/C17H31N3O2.2ClH/c1-12(11-20-5-7-22-8-6-20)19-17(21)15-9-13-3-2-4-14(10-15)16(13)18;;/h12-16H,2-11,18H2,1H3,(H,19,21);2*1H. The summed E-state index contributed by atoms with van der Waals surface area (Å²) in [5.74, 6) is 1.57. The maximum atomic E-state index is 12.6. The third kappa shape index (κ3) is 5.46. The average Bonchev–Trinajstić information content (AvgIpc) is 2.47. The van der Waals surface area contributed by atoms with E-state index >= 15 is 0 Å². The number of fused-ring (bicyclic) bond motifs is 2. The van der Waals surface area contributed by atoms with E-state index in [4.69, 9.17) is 10.5 Å². The van der Waals surface area contributed by atoms with Crippen molar-refractivity contribution >= 4 is 30.7 Å². The van der Waals surface area contributed by atoms with Gasteiger partial charge in [0, 0.05) is 37.6 Å². The molecule has 2 bridgehead atoms. The van der Waals surface area contributed by atoms with Crippen LogP contribution in [-0.2, 0) is 9.53 Å². The van der Waals surface area contributed by atoms with Crippen molar-refractivity contribution in [3.8, 4) is 0 Å². The number of hydrogen-bond donors (Lipinski definition) is 2. The zero-order valence-corrected chi connectivity index (χ0v) is 16.2. The molecule has 3 N–H and O–H groups in total. The molecule has 3 fully saturated rings. The Bertz CT molecular complexity index is 380. The summed E-state index contributed by atoms with van der Waals surface area (Å²) >= 11 is 0. The number of amides is 1. The molecule has 5 nitrogen and oxygen atoms in total. The first-order valence-electron chi connectivity index (χ1n) is 8.99. The van der Waals surface area contributed by atoms with Gasteiger partial charge in [0.25, 0.3) is 0 Å². The lowest BCUT2D eigenvalue weighted by Crippen LogP contribution is -2.51. The summed E-state index contributed by atoms with van der Waals surface area (Å²) < 4.78 is 5.37. The Morgan fingerprint density at radius 1 is 1.21 bits per heavy atom. The monoisotopic (exact) mass is 381 g/mol. The van der Waals surface area contributed by atoms with Crippen LogP contribution in [0.1, 0.15) is 39.0 Å².